The number of hydrogen-bond acceptors (Lipinski definition) is 3. The molecule has 0 radical (unpaired) electrons. The van der Waals surface area contributed by atoms with Crippen LogP contribution in [-0.4, -0.2) is 41.1 Å². The summed E-state index contributed by atoms with van der Waals surface area (Å²) in [5, 5.41) is 0. The standard InChI is InChI=1S/C34H70O3S/c1-5-9-11-13-15-17-19-21-23-25-29-36-33(27-7-3)31-38(35)32-34(28-8-4)37-30-26-24-22-20-18-16-14-12-10-6-2/h33-34H,5-32H2,1-4H3. The van der Waals surface area contributed by atoms with Gasteiger partial charge in [-0.05, 0) is 25.7 Å². The third-order valence-electron chi connectivity index (χ3n) is 7.67. The second-order valence-electron chi connectivity index (χ2n) is 11.7. The van der Waals surface area contributed by atoms with Gasteiger partial charge in [0.2, 0.25) is 0 Å². The molecule has 0 aromatic rings. The van der Waals surface area contributed by atoms with Gasteiger partial charge in [0.1, 0.15) is 0 Å². The van der Waals surface area contributed by atoms with E-state index in [2.05, 4.69) is 27.7 Å². The van der Waals surface area contributed by atoms with Crippen LogP contribution in [0, 0.1) is 0 Å². The van der Waals surface area contributed by atoms with E-state index in [-0.39, 0.29) is 12.2 Å². The summed E-state index contributed by atoms with van der Waals surface area (Å²) in [6, 6.07) is 0. The van der Waals surface area contributed by atoms with Gasteiger partial charge in [0.05, 0.1) is 12.2 Å². The van der Waals surface area contributed by atoms with E-state index in [9.17, 15) is 4.21 Å². The van der Waals surface area contributed by atoms with Crippen molar-refractivity contribution in [2.75, 3.05) is 24.7 Å². The van der Waals surface area contributed by atoms with Crippen molar-refractivity contribution in [2.24, 2.45) is 0 Å². The van der Waals surface area contributed by atoms with Crippen LogP contribution in [0.5, 0.6) is 0 Å². The van der Waals surface area contributed by atoms with Crippen LogP contribution in [0.3, 0.4) is 0 Å². The predicted molar refractivity (Wildman–Crippen MR) is 171 cm³/mol. The summed E-state index contributed by atoms with van der Waals surface area (Å²) in [6.45, 7) is 10.6. The largest absolute Gasteiger partial charge is 0.377 e. The van der Waals surface area contributed by atoms with Gasteiger partial charge in [0.25, 0.3) is 0 Å². The third kappa shape index (κ3) is 27.6. The van der Waals surface area contributed by atoms with Gasteiger partial charge < -0.3 is 9.47 Å². The highest BCUT2D eigenvalue weighted by Gasteiger charge is 2.17. The van der Waals surface area contributed by atoms with Crippen molar-refractivity contribution in [2.45, 2.75) is 194 Å². The Morgan fingerprint density at radius 1 is 0.421 bits per heavy atom. The molecule has 0 N–H and O–H groups in total. The average Bonchev–Trinajstić information content (AvgIpc) is 2.90. The zero-order valence-corrected chi connectivity index (χ0v) is 27.4. The van der Waals surface area contributed by atoms with Crippen LogP contribution in [0.2, 0.25) is 0 Å². The SMILES string of the molecule is CCCCCCCCCCCCOC(CCC)CS(=O)CC(CCC)OCCCCCCCCCCCC. The van der Waals surface area contributed by atoms with Crippen LogP contribution in [-0.2, 0) is 20.3 Å². The topological polar surface area (TPSA) is 35.5 Å². The first kappa shape index (κ1) is 38.1. The molecule has 0 fully saturated rings. The molecular weight excluding hydrogens is 488 g/mol. The second kappa shape index (κ2) is 31.6. The van der Waals surface area contributed by atoms with Crippen LogP contribution >= 0.6 is 0 Å². The quantitative estimate of drug-likeness (QED) is 0.0770. The summed E-state index contributed by atoms with van der Waals surface area (Å²) in [5.74, 6) is 1.35. The van der Waals surface area contributed by atoms with Gasteiger partial charge in [-0.1, -0.05) is 156 Å². The fourth-order valence-corrected chi connectivity index (χ4v) is 6.73. The first-order valence-corrected chi connectivity index (χ1v) is 18.7. The first-order chi connectivity index (χ1) is 18.7. The Kier molecular flexibility index (Phi) is 31.7. The van der Waals surface area contributed by atoms with Crippen LogP contribution in [0.15, 0.2) is 0 Å². The van der Waals surface area contributed by atoms with Crippen LogP contribution in [0.25, 0.3) is 0 Å². The maximum absolute atomic E-state index is 13.0. The minimum absolute atomic E-state index is 0.142. The van der Waals surface area contributed by atoms with Crippen LogP contribution in [0.4, 0.5) is 0 Å². The molecule has 0 bridgehead atoms. The van der Waals surface area contributed by atoms with Crippen molar-refractivity contribution in [1.29, 1.82) is 0 Å². The number of unbranched alkanes of at least 4 members (excludes halogenated alkanes) is 18. The van der Waals surface area contributed by atoms with E-state index in [1.54, 1.807) is 0 Å². The minimum atomic E-state index is -0.864. The lowest BCUT2D eigenvalue weighted by atomic mass is 10.1. The van der Waals surface area contributed by atoms with E-state index in [0.717, 1.165) is 51.7 Å². The van der Waals surface area contributed by atoms with Gasteiger partial charge in [0.15, 0.2) is 0 Å². The third-order valence-corrected chi connectivity index (χ3v) is 9.15. The maximum atomic E-state index is 13.0. The fraction of sp³-hybridized carbons (Fsp3) is 1.00. The first-order valence-electron chi connectivity index (χ1n) is 17.3. The second-order valence-corrected chi connectivity index (χ2v) is 13.2. The molecule has 0 aliphatic heterocycles. The van der Waals surface area contributed by atoms with Gasteiger partial charge in [-0.3, -0.25) is 4.21 Å². The van der Waals surface area contributed by atoms with Gasteiger partial charge in [-0.25, -0.2) is 0 Å². The number of ether oxygens (including phenoxy) is 2. The molecule has 0 saturated carbocycles. The number of hydrogen-bond donors (Lipinski definition) is 0. The Hall–Kier alpha value is 0.0700. The monoisotopic (exact) mass is 559 g/mol. The lowest BCUT2D eigenvalue weighted by Crippen LogP contribution is -2.28. The highest BCUT2D eigenvalue weighted by Crippen LogP contribution is 2.14. The summed E-state index contributed by atoms with van der Waals surface area (Å²) in [4.78, 5) is 0. The average molecular weight is 559 g/mol. The Morgan fingerprint density at radius 3 is 1.00 bits per heavy atom. The van der Waals surface area contributed by atoms with Crippen molar-refractivity contribution in [3.05, 3.63) is 0 Å². The zero-order chi connectivity index (χ0) is 27.9. The summed E-state index contributed by atoms with van der Waals surface area (Å²) in [7, 11) is -0.864. The maximum Gasteiger partial charge on any atom is 0.0690 e. The smallest absolute Gasteiger partial charge is 0.0690 e. The zero-order valence-electron chi connectivity index (χ0n) is 26.6. The summed E-state index contributed by atoms with van der Waals surface area (Å²) in [6.07, 6.45) is 31.4. The van der Waals surface area contributed by atoms with Gasteiger partial charge in [0, 0.05) is 35.5 Å². The highest BCUT2D eigenvalue weighted by atomic mass is 32.2. The van der Waals surface area contributed by atoms with Crippen molar-refractivity contribution in [3.8, 4) is 0 Å². The summed E-state index contributed by atoms with van der Waals surface area (Å²) < 4.78 is 25.4. The molecule has 0 aromatic carbocycles. The minimum Gasteiger partial charge on any atom is -0.377 e. The molecule has 38 heavy (non-hydrogen) atoms. The lowest BCUT2D eigenvalue weighted by Gasteiger charge is -2.20. The molecule has 0 aromatic heterocycles. The van der Waals surface area contributed by atoms with Crippen LogP contribution < -0.4 is 0 Å². The molecule has 0 amide bonds. The molecule has 230 valence electrons. The van der Waals surface area contributed by atoms with E-state index >= 15 is 0 Å². The summed E-state index contributed by atoms with van der Waals surface area (Å²) >= 11 is 0. The summed E-state index contributed by atoms with van der Waals surface area (Å²) in [5.41, 5.74) is 0. The molecule has 3 nitrogen and oxygen atoms in total. The van der Waals surface area contributed by atoms with E-state index in [1.807, 2.05) is 0 Å². The van der Waals surface area contributed by atoms with E-state index < -0.39 is 10.8 Å². The molecule has 2 unspecified atom stereocenters. The van der Waals surface area contributed by atoms with Crippen molar-refractivity contribution < 1.29 is 13.7 Å². The molecule has 2 atom stereocenters. The molecule has 0 saturated heterocycles. The molecule has 0 aliphatic rings. The van der Waals surface area contributed by atoms with Crippen molar-refractivity contribution in [1.82, 2.24) is 0 Å². The molecule has 0 heterocycles. The molecule has 0 rings (SSSR count). The Morgan fingerprint density at radius 2 is 0.711 bits per heavy atom. The molecule has 0 aliphatic carbocycles. The highest BCUT2D eigenvalue weighted by molar-refractivity contribution is 7.85. The van der Waals surface area contributed by atoms with Gasteiger partial charge in [-0.2, -0.15) is 0 Å². The normalized spacial score (nSPS) is 14.1. The van der Waals surface area contributed by atoms with Crippen molar-refractivity contribution >= 4 is 10.8 Å². The Bertz CT molecular complexity index is 431. The fourth-order valence-electron chi connectivity index (χ4n) is 5.24. The van der Waals surface area contributed by atoms with Gasteiger partial charge in [-0.15, -0.1) is 0 Å². The van der Waals surface area contributed by atoms with Crippen molar-refractivity contribution in [3.63, 3.8) is 0 Å². The van der Waals surface area contributed by atoms with E-state index in [4.69, 9.17) is 9.47 Å². The Labute approximate surface area is 242 Å². The van der Waals surface area contributed by atoms with Gasteiger partial charge >= 0.3 is 0 Å². The van der Waals surface area contributed by atoms with E-state index in [1.165, 1.54) is 116 Å². The van der Waals surface area contributed by atoms with Crippen LogP contribution in [0.1, 0.15) is 182 Å². The Balaban J connectivity index is 3.93. The molecule has 0 spiro atoms. The van der Waals surface area contributed by atoms with E-state index in [0.29, 0.717) is 11.5 Å². The number of rotatable bonds is 32. The predicted octanol–water partition coefficient (Wildman–Crippen LogP) is 10.9. The molecule has 4 heteroatoms. The molecular formula is C34H70O3S. The lowest BCUT2D eigenvalue weighted by molar-refractivity contribution is 0.0556.